The van der Waals surface area contributed by atoms with Gasteiger partial charge in [0.2, 0.25) is 0 Å². The van der Waals surface area contributed by atoms with Gasteiger partial charge in [0.1, 0.15) is 5.82 Å². The number of fused-ring (bicyclic) bond motifs is 1. The number of rotatable bonds is 6. The number of alkyl halides is 1. The number of halogens is 1. The third-order valence-corrected chi connectivity index (χ3v) is 4.18. The van der Waals surface area contributed by atoms with Gasteiger partial charge in [0, 0.05) is 24.0 Å². The van der Waals surface area contributed by atoms with Crippen molar-refractivity contribution in [2.45, 2.75) is 32.1 Å². The Kier molecular flexibility index (Phi) is 4.11. The summed E-state index contributed by atoms with van der Waals surface area (Å²) in [6.07, 6.45) is 3.87. The first kappa shape index (κ1) is 13.7. The van der Waals surface area contributed by atoms with Crippen LogP contribution in [0.15, 0.2) is 30.3 Å². The molecular formula is C17H21ClN2. The first-order valence-electron chi connectivity index (χ1n) is 7.51. The van der Waals surface area contributed by atoms with Gasteiger partial charge in [-0.15, -0.1) is 11.6 Å². The lowest BCUT2D eigenvalue weighted by Gasteiger charge is -2.25. The molecule has 20 heavy (non-hydrogen) atoms. The molecule has 1 aliphatic rings. The van der Waals surface area contributed by atoms with Crippen LogP contribution in [-0.4, -0.2) is 18.1 Å². The van der Waals surface area contributed by atoms with Crippen molar-refractivity contribution < 1.29 is 0 Å². The van der Waals surface area contributed by atoms with E-state index in [2.05, 4.69) is 36.1 Å². The zero-order valence-corrected chi connectivity index (χ0v) is 12.7. The number of pyridine rings is 1. The van der Waals surface area contributed by atoms with E-state index in [0.717, 1.165) is 42.3 Å². The monoisotopic (exact) mass is 288 g/mol. The lowest BCUT2D eigenvalue weighted by atomic mass is 10.1. The van der Waals surface area contributed by atoms with E-state index in [-0.39, 0.29) is 0 Å². The molecule has 1 heterocycles. The Bertz CT molecular complexity index is 593. The second kappa shape index (κ2) is 6.01. The molecule has 3 heteroatoms. The molecule has 0 amide bonds. The third-order valence-electron chi connectivity index (χ3n) is 3.89. The number of nitrogens with zero attached hydrogens (tertiary/aromatic N) is 2. The van der Waals surface area contributed by atoms with Crippen LogP contribution in [0.5, 0.6) is 0 Å². The van der Waals surface area contributed by atoms with E-state index < -0.39 is 0 Å². The van der Waals surface area contributed by atoms with Crippen LogP contribution >= 0.6 is 11.6 Å². The zero-order valence-electron chi connectivity index (χ0n) is 12.0. The maximum atomic E-state index is 6.16. The SMILES string of the molecule is CCCN(CC1CC1)c1nc2ccccc2cc1CCl. The average molecular weight is 289 g/mol. The fraction of sp³-hybridized carbons (Fsp3) is 0.471. The molecule has 0 unspecified atom stereocenters. The van der Waals surface area contributed by atoms with Crippen LogP contribution in [0.25, 0.3) is 10.9 Å². The molecule has 0 saturated heterocycles. The highest BCUT2D eigenvalue weighted by atomic mass is 35.5. The van der Waals surface area contributed by atoms with Crippen LogP contribution < -0.4 is 4.90 Å². The fourth-order valence-corrected chi connectivity index (χ4v) is 2.88. The quantitative estimate of drug-likeness (QED) is 0.722. The minimum atomic E-state index is 0.526. The smallest absolute Gasteiger partial charge is 0.133 e. The molecule has 0 radical (unpaired) electrons. The summed E-state index contributed by atoms with van der Waals surface area (Å²) >= 11 is 6.16. The Balaban J connectivity index is 2.01. The Morgan fingerprint density at radius 3 is 2.80 bits per heavy atom. The van der Waals surface area contributed by atoms with Gasteiger partial charge in [-0.2, -0.15) is 0 Å². The topological polar surface area (TPSA) is 16.1 Å². The van der Waals surface area contributed by atoms with Crippen LogP contribution in [0.1, 0.15) is 31.7 Å². The minimum Gasteiger partial charge on any atom is -0.356 e. The van der Waals surface area contributed by atoms with Crippen molar-refractivity contribution in [2.75, 3.05) is 18.0 Å². The van der Waals surface area contributed by atoms with E-state index in [1.165, 1.54) is 18.2 Å². The summed E-state index contributed by atoms with van der Waals surface area (Å²) in [7, 11) is 0. The van der Waals surface area contributed by atoms with Crippen LogP contribution in [0.2, 0.25) is 0 Å². The molecule has 2 nitrogen and oxygen atoms in total. The highest BCUT2D eigenvalue weighted by Gasteiger charge is 2.25. The molecule has 0 aliphatic heterocycles. The number of hydrogen-bond acceptors (Lipinski definition) is 2. The van der Waals surface area contributed by atoms with E-state index in [4.69, 9.17) is 16.6 Å². The number of benzene rings is 1. The predicted molar refractivity (Wildman–Crippen MR) is 86.5 cm³/mol. The minimum absolute atomic E-state index is 0.526. The van der Waals surface area contributed by atoms with Crippen molar-refractivity contribution in [3.63, 3.8) is 0 Å². The molecule has 0 spiro atoms. The van der Waals surface area contributed by atoms with E-state index >= 15 is 0 Å². The molecular weight excluding hydrogens is 268 g/mol. The Labute approximate surface area is 125 Å². The van der Waals surface area contributed by atoms with Gasteiger partial charge in [-0.05, 0) is 37.3 Å². The lowest BCUT2D eigenvalue weighted by molar-refractivity contribution is 0.698. The van der Waals surface area contributed by atoms with Gasteiger partial charge in [-0.25, -0.2) is 4.98 Å². The van der Waals surface area contributed by atoms with Gasteiger partial charge < -0.3 is 4.90 Å². The summed E-state index contributed by atoms with van der Waals surface area (Å²) in [6, 6.07) is 10.5. The first-order chi connectivity index (χ1) is 9.81. The highest BCUT2D eigenvalue weighted by Crippen LogP contribution is 2.33. The van der Waals surface area contributed by atoms with Crippen molar-refractivity contribution in [3.05, 3.63) is 35.9 Å². The van der Waals surface area contributed by atoms with Crippen molar-refractivity contribution in [3.8, 4) is 0 Å². The molecule has 1 aromatic carbocycles. The summed E-state index contributed by atoms with van der Waals surface area (Å²) in [5, 5.41) is 1.18. The Morgan fingerprint density at radius 1 is 1.30 bits per heavy atom. The summed E-state index contributed by atoms with van der Waals surface area (Å²) in [4.78, 5) is 7.32. The third kappa shape index (κ3) is 2.90. The maximum Gasteiger partial charge on any atom is 0.133 e. The van der Waals surface area contributed by atoms with Gasteiger partial charge >= 0.3 is 0 Å². The predicted octanol–water partition coefficient (Wildman–Crippen LogP) is 4.60. The maximum absolute atomic E-state index is 6.16. The van der Waals surface area contributed by atoms with E-state index in [9.17, 15) is 0 Å². The zero-order chi connectivity index (χ0) is 13.9. The van der Waals surface area contributed by atoms with Gasteiger partial charge in [0.15, 0.2) is 0 Å². The molecule has 0 bridgehead atoms. The molecule has 1 saturated carbocycles. The molecule has 1 aliphatic carbocycles. The molecule has 3 rings (SSSR count). The molecule has 2 aromatic rings. The fourth-order valence-electron chi connectivity index (χ4n) is 2.69. The number of para-hydroxylation sites is 1. The molecule has 1 aromatic heterocycles. The van der Waals surface area contributed by atoms with Gasteiger partial charge in [0.25, 0.3) is 0 Å². The summed E-state index contributed by atoms with van der Waals surface area (Å²) in [6.45, 7) is 4.41. The van der Waals surface area contributed by atoms with Crippen molar-refractivity contribution >= 4 is 28.3 Å². The van der Waals surface area contributed by atoms with Gasteiger partial charge in [-0.3, -0.25) is 0 Å². The number of anilines is 1. The van der Waals surface area contributed by atoms with Crippen molar-refractivity contribution in [2.24, 2.45) is 5.92 Å². The second-order valence-corrected chi connectivity index (χ2v) is 5.95. The Morgan fingerprint density at radius 2 is 2.10 bits per heavy atom. The van der Waals surface area contributed by atoms with E-state index in [0.29, 0.717) is 5.88 Å². The van der Waals surface area contributed by atoms with Crippen LogP contribution in [-0.2, 0) is 5.88 Å². The average Bonchev–Trinajstić information content (AvgIpc) is 3.29. The summed E-state index contributed by atoms with van der Waals surface area (Å²) in [5.41, 5.74) is 2.22. The second-order valence-electron chi connectivity index (χ2n) is 5.69. The summed E-state index contributed by atoms with van der Waals surface area (Å²) < 4.78 is 0. The first-order valence-corrected chi connectivity index (χ1v) is 8.05. The number of aromatic nitrogens is 1. The highest BCUT2D eigenvalue weighted by molar-refractivity contribution is 6.17. The normalized spacial score (nSPS) is 14.7. The summed E-state index contributed by atoms with van der Waals surface area (Å²) in [5.74, 6) is 2.48. The van der Waals surface area contributed by atoms with Gasteiger partial charge in [0.05, 0.1) is 11.4 Å². The number of hydrogen-bond donors (Lipinski definition) is 0. The van der Waals surface area contributed by atoms with E-state index in [1.807, 2.05) is 6.07 Å². The Hall–Kier alpha value is -1.28. The molecule has 0 atom stereocenters. The molecule has 1 fully saturated rings. The van der Waals surface area contributed by atoms with Crippen LogP contribution in [0.3, 0.4) is 0 Å². The molecule has 106 valence electrons. The molecule has 0 N–H and O–H groups in total. The van der Waals surface area contributed by atoms with E-state index in [1.54, 1.807) is 0 Å². The van der Waals surface area contributed by atoms with Crippen LogP contribution in [0.4, 0.5) is 5.82 Å². The van der Waals surface area contributed by atoms with Crippen molar-refractivity contribution in [1.29, 1.82) is 0 Å². The van der Waals surface area contributed by atoms with Crippen molar-refractivity contribution in [1.82, 2.24) is 4.98 Å². The largest absolute Gasteiger partial charge is 0.356 e. The lowest BCUT2D eigenvalue weighted by Crippen LogP contribution is -2.28. The van der Waals surface area contributed by atoms with Crippen LogP contribution in [0, 0.1) is 5.92 Å². The van der Waals surface area contributed by atoms with Gasteiger partial charge in [-0.1, -0.05) is 25.1 Å². The standard InChI is InChI=1S/C17H21ClN2/c1-2-9-20(12-13-7-8-13)17-15(11-18)10-14-5-3-4-6-16(14)19-17/h3-6,10,13H,2,7-9,11-12H2,1H3.